The van der Waals surface area contributed by atoms with Gasteiger partial charge in [0.25, 0.3) is 5.91 Å². The molecule has 0 aliphatic heterocycles. The average Bonchev–Trinajstić information content (AvgIpc) is 3.55. The summed E-state index contributed by atoms with van der Waals surface area (Å²) in [5.74, 6) is -1.61. The van der Waals surface area contributed by atoms with Crippen LogP contribution in [0.15, 0.2) is 52.9 Å². The number of carbonyl (C=O) groups excluding carboxylic acids is 3. The average molecular weight is 451 g/mol. The minimum absolute atomic E-state index is 0.0426. The third-order valence-corrected chi connectivity index (χ3v) is 6.21. The van der Waals surface area contributed by atoms with E-state index in [2.05, 4.69) is 5.32 Å². The normalized spacial score (nSPS) is 13.7. The van der Waals surface area contributed by atoms with Crippen molar-refractivity contribution in [3.05, 3.63) is 71.2 Å². The second-order valence-electron chi connectivity index (χ2n) is 9.09. The van der Waals surface area contributed by atoms with E-state index in [0.717, 1.165) is 24.0 Å². The van der Waals surface area contributed by atoms with Crippen molar-refractivity contribution in [2.24, 2.45) is 5.92 Å². The van der Waals surface area contributed by atoms with Crippen LogP contribution in [-0.4, -0.2) is 34.6 Å². The SMILES string of the molecule is Cc1ccccc1CNC(=O)C(C)(C)N(CC(=O)C1CC1)C(=O)c1cc2cc(F)ccc2o1. The Morgan fingerprint density at radius 3 is 2.55 bits per heavy atom. The molecule has 0 bridgehead atoms. The van der Waals surface area contributed by atoms with E-state index in [0.29, 0.717) is 17.5 Å². The molecule has 1 aliphatic carbocycles. The van der Waals surface area contributed by atoms with Gasteiger partial charge < -0.3 is 14.6 Å². The molecule has 1 aliphatic rings. The van der Waals surface area contributed by atoms with Crippen LogP contribution in [0, 0.1) is 18.7 Å². The second kappa shape index (κ2) is 8.81. The molecule has 33 heavy (non-hydrogen) atoms. The molecule has 1 saturated carbocycles. The molecule has 6 nitrogen and oxygen atoms in total. The molecule has 2 amide bonds. The summed E-state index contributed by atoms with van der Waals surface area (Å²) in [6.45, 7) is 5.29. The lowest BCUT2D eigenvalue weighted by atomic mass is 9.99. The van der Waals surface area contributed by atoms with Crippen molar-refractivity contribution in [2.75, 3.05) is 6.54 Å². The number of hydrogen-bond acceptors (Lipinski definition) is 4. The molecule has 1 N–H and O–H groups in total. The van der Waals surface area contributed by atoms with Crippen LogP contribution in [0.3, 0.4) is 0 Å². The van der Waals surface area contributed by atoms with Crippen LogP contribution in [0.4, 0.5) is 4.39 Å². The van der Waals surface area contributed by atoms with Gasteiger partial charge in [-0.1, -0.05) is 24.3 Å². The predicted octanol–water partition coefficient (Wildman–Crippen LogP) is 4.40. The number of nitrogens with zero attached hydrogens (tertiary/aromatic N) is 1. The van der Waals surface area contributed by atoms with Crippen molar-refractivity contribution in [2.45, 2.75) is 45.7 Å². The third kappa shape index (κ3) is 4.82. The summed E-state index contributed by atoms with van der Waals surface area (Å²) >= 11 is 0. The van der Waals surface area contributed by atoms with Crippen LogP contribution in [0.2, 0.25) is 0 Å². The van der Waals surface area contributed by atoms with E-state index in [-0.39, 0.29) is 29.9 Å². The van der Waals surface area contributed by atoms with Gasteiger partial charge in [0, 0.05) is 17.8 Å². The van der Waals surface area contributed by atoms with Gasteiger partial charge in [0.05, 0.1) is 6.54 Å². The first-order valence-corrected chi connectivity index (χ1v) is 11.0. The zero-order valence-electron chi connectivity index (χ0n) is 19.0. The second-order valence-corrected chi connectivity index (χ2v) is 9.09. The maximum Gasteiger partial charge on any atom is 0.290 e. The monoisotopic (exact) mass is 450 g/mol. The van der Waals surface area contributed by atoms with Crippen molar-refractivity contribution < 1.29 is 23.2 Å². The van der Waals surface area contributed by atoms with Crippen molar-refractivity contribution in [1.29, 1.82) is 0 Å². The highest BCUT2D eigenvalue weighted by atomic mass is 19.1. The fraction of sp³-hybridized carbons (Fsp3) is 0.346. The fourth-order valence-electron chi connectivity index (χ4n) is 3.79. The topological polar surface area (TPSA) is 79.6 Å². The van der Waals surface area contributed by atoms with Crippen LogP contribution in [-0.2, 0) is 16.1 Å². The summed E-state index contributed by atoms with van der Waals surface area (Å²) in [6, 6.07) is 13.1. The molecule has 0 radical (unpaired) electrons. The quantitative estimate of drug-likeness (QED) is 0.552. The molecule has 7 heteroatoms. The van der Waals surface area contributed by atoms with Gasteiger partial charge in [-0.15, -0.1) is 0 Å². The number of halogens is 1. The van der Waals surface area contributed by atoms with Crippen molar-refractivity contribution in [3.8, 4) is 0 Å². The van der Waals surface area contributed by atoms with Gasteiger partial charge in [-0.3, -0.25) is 14.4 Å². The van der Waals surface area contributed by atoms with Crippen molar-refractivity contribution >= 4 is 28.6 Å². The molecular formula is C26H27FN2O4. The highest BCUT2D eigenvalue weighted by molar-refractivity contribution is 6.02. The first-order valence-electron chi connectivity index (χ1n) is 11.0. The zero-order valence-corrected chi connectivity index (χ0v) is 19.0. The number of fused-ring (bicyclic) bond motifs is 1. The number of carbonyl (C=O) groups is 3. The summed E-state index contributed by atoms with van der Waals surface area (Å²) in [7, 11) is 0. The van der Waals surface area contributed by atoms with Crippen LogP contribution >= 0.6 is 0 Å². The van der Waals surface area contributed by atoms with Crippen molar-refractivity contribution in [3.63, 3.8) is 0 Å². The summed E-state index contributed by atoms with van der Waals surface area (Å²) in [5, 5.41) is 3.33. The number of aryl methyl sites for hydroxylation is 1. The van der Waals surface area contributed by atoms with Crippen LogP contribution in [0.5, 0.6) is 0 Å². The molecule has 2 aromatic carbocycles. The number of hydrogen-bond donors (Lipinski definition) is 1. The Kier molecular flexibility index (Phi) is 6.06. The smallest absolute Gasteiger partial charge is 0.290 e. The Bertz CT molecular complexity index is 1230. The Morgan fingerprint density at radius 1 is 1.12 bits per heavy atom. The summed E-state index contributed by atoms with van der Waals surface area (Å²) < 4.78 is 19.2. The molecule has 3 aromatic rings. The zero-order chi connectivity index (χ0) is 23.8. The fourth-order valence-corrected chi connectivity index (χ4v) is 3.79. The predicted molar refractivity (Wildman–Crippen MR) is 122 cm³/mol. The Morgan fingerprint density at radius 2 is 1.85 bits per heavy atom. The highest BCUT2D eigenvalue weighted by Crippen LogP contribution is 2.32. The Hall–Kier alpha value is -3.48. The number of amides is 2. The van der Waals surface area contributed by atoms with E-state index in [9.17, 15) is 18.8 Å². The maximum absolute atomic E-state index is 13.6. The lowest BCUT2D eigenvalue weighted by Crippen LogP contribution is -2.58. The Labute approximate surface area is 191 Å². The summed E-state index contributed by atoms with van der Waals surface area (Å²) in [5.41, 5.74) is 1.04. The van der Waals surface area contributed by atoms with Gasteiger partial charge in [0.1, 0.15) is 16.9 Å². The van der Waals surface area contributed by atoms with Crippen molar-refractivity contribution in [1.82, 2.24) is 10.2 Å². The van der Waals surface area contributed by atoms with Gasteiger partial charge in [-0.05, 0) is 69.0 Å². The molecule has 1 fully saturated rings. The molecular weight excluding hydrogens is 423 g/mol. The number of ketones is 1. The number of rotatable bonds is 8. The van der Waals surface area contributed by atoms with Crippen LogP contribution in [0.25, 0.3) is 11.0 Å². The number of Topliss-reactive ketones (excluding diaryl/α,β-unsaturated/α-hetero) is 1. The van der Waals surface area contributed by atoms with E-state index < -0.39 is 17.3 Å². The van der Waals surface area contributed by atoms with E-state index >= 15 is 0 Å². The lowest BCUT2D eigenvalue weighted by Gasteiger charge is -2.36. The molecule has 0 atom stereocenters. The number of benzene rings is 2. The van der Waals surface area contributed by atoms with Crippen LogP contribution < -0.4 is 5.32 Å². The Balaban J connectivity index is 1.59. The molecule has 4 rings (SSSR count). The highest BCUT2D eigenvalue weighted by Gasteiger charge is 2.42. The van der Waals surface area contributed by atoms with Gasteiger partial charge in [-0.25, -0.2) is 4.39 Å². The standard InChI is InChI=1S/C26H27FN2O4/c1-16-6-4-5-7-18(16)14-28-25(32)26(2,3)29(15-21(30)17-8-9-17)24(31)23-13-19-12-20(27)10-11-22(19)33-23/h4-7,10-13,17H,8-9,14-15H2,1-3H3,(H,28,32). The van der Waals surface area contributed by atoms with E-state index in [1.54, 1.807) is 13.8 Å². The summed E-state index contributed by atoms with van der Waals surface area (Å²) in [6.07, 6.45) is 1.59. The molecule has 0 spiro atoms. The first-order chi connectivity index (χ1) is 15.7. The van der Waals surface area contributed by atoms with Gasteiger partial charge >= 0.3 is 0 Å². The number of furan rings is 1. The van der Waals surface area contributed by atoms with E-state index in [1.165, 1.54) is 29.2 Å². The van der Waals surface area contributed by atoms with Gasteiger partial charge in [-0.2, -0.15) is 0 Å². The van der Waals surface area contributed by atoms with Gasteiger partial charge in [0.2, 0.25) is 5.91 Å². The third-order valence-electron chi connectivity index (χ3n) is 6.21. The largest absolute Gasteiger partial charge is 0.451 e. The van der Waals surface area contributed by atoms with E-state index in [1.807, 2.05) is 31.2 Å². The van der Waals surface area contributed by atoms with Gasteiger partial charge in [0.15, 0.2) is 11.5 Å². The molecule has 0 saturated heterocycles. The minimum Gasteiger partial charge on any atom is -0.451 e. The maximum atomic E-state index is 13.6. The molecule has 1 aromatic heterocycles. The van der Waals surface area contributed by atoms with Crippen LogP contribution in [0.1, 0.15) is 48.4 Å². The summed E-state index contributed by atoms with van der Waals surface area (Å²) in [4.78, 5) is 40.6. The molecule has 172 valence electrons. The first kappa shape index (κ1) is 22.7. The molecule has 0 unspecified atom stereocenters. The minimum atomic E-state index is -1.32. The molecule has 1 heterocycles. The number of nitrogens with one attached hydrogen (secondary N) is 1. The lowest BCUT2D eigenvalue weighted by molar-refractivity contribution is -0.132. The van der Waals surface area contributed by atoms with E-state index in [4.69, 9.17) is 4.42 Å².